The molecule has 1 aromatic carbocycles. The van der Waals surface area contributed by atoms with Crippen LogP contribution in [0.15, 0.2) is 28.8 Å². The van der Waals surface area contributed by atoms with Crippen LogP contribution in [0.3, 0.4) is 0 Å². The summed E-state index contributed by atoms with van der Waals surface area (Å²) in [5.41, 5.74) is 9.24. The zero-order chi connectivity index (χ0) is 13.7. The molecule has 2 N–H and O–H groups in total. The molecule has 0 aliphatic carbocycles. The van der Waals surface area contributed by atoms with Gasteiger partial charge < -0.3 is 10.3 Å². The van der Waals surface area contributed by atoms with Crippen LogP contribution in [0.25, 0.3) is 11.1 Å². The topological polar surface area (TPSA) is 52.0 Å². The highest BCUT2D eigenvalue weighted by Gasteiger charge is 2.15. The minimum Gasteiger partial charge on any atom is -0.380 e. The van der Waals surface area contributed by atoms with Gasteiger partial charge in [-0.25, -0.2) is 0 Å². The SMILES string of the molecule is CCCCCCc1onc(N)c1-c1ccc(C)cc1. The summed E-state index contributed by atoms with van der Waals surface area (Å²) in [4.78, 5) is 0. The molecule has 2 aromatic rings. The van der Waals surface area contributed by atoms with Gasteiger partial charge in [0.2, 0.25) is 0 Å². The molecule has 0 radical (unpaired) electrons. The molecule has 0 bridgehead atoms. The molecular formula is C16H22N2O. The van der Waals surface area contributed by atoms with Crippen molar-refractivity contribution >= 4 is 5.82 Å². The lowest BCUT2D eigenvalue weighted by Crippen LogP contribution is -1.91. The molecule has 3 nitrogen and oxygen atoms in total. The number of rotatable bonds is 6. The van der Waals surface area contributed by atoms with E-state index in [0.29, 0.717) is 5.82 Å². The van der Waals surface area contributed by atoms with E-state index < -0.39 is 0 Å². The lowest BCUT2D eigenvalue weighted by Gasteiger charge is -2.03. The molecule has 0 aliphatic rings. The van der Waals surface area contributed by atoms with Crippen LogP contribution in [0.4, 0.5) is 5.82 Å². The molecule has 0 aliphatic heterocycles. The fourth-order valence-electron chi connectivity index (χ4n) is 2.25. The summed E-state index contributed by atoms with van der Waals surface area (Å²) >= 11 is 0. The van der Waals surface area contributed by atoms with Crippen molar-refractivity contribution in [3.05, 3.63) is 35.6 Å². The van der Waals surface area contributed by atoms with Crippen molar-refractivity contribution in [1.82, 2.24) is 5.16 Å². The van der Waals surface area contributed by atoms with E-state index in [-0.39, 0.29) is 0 Å². The normalized spacial score (nSPS) is 10.8. The van der Waals surface area contributed by atoms with Crippen LogP contribution >= 0.6 is 0 Å². The summed E-state index contributed by atoms with van der Waals surface area (Å²) in [6.45, 7) is 4.29. The third-order valence-corrected chi connectivity index (χ3v) is 3.39. The Morgan fingerprint density at radius 3 is 2.53 bits per heavy atom. The molecule has 0 spiro atoms. The maximum atomic E-state index is 5.94. The zero-order valence-corrected chi connectivity index (χ0v) is 11.8. The molecule has 1 aromatic heterocycles. The molecule has 0 unspecified atom stereocenters. The number of aryl methyl sites for hydroxylation is 2. The fourth-order valence-corrected chi connectivity index (χ4v) is 2.25. The number of anilines is 1. The first-order valence-corrected chi connectivity index (χ1v) is 7.03. The monoisotopic (exact) mass is 258 g/mol. The van der Waals surface area contributed by atoms with Gasteiger partial charge in [-0.2, -0.15) is 0 Å². The van der Waals surface area contributed by atoms with Gasteiger partial charge in [-0.05, 0) is 18.9 Å². The number of unbranched alkanes of at least 4 members (excludes halogenated alkanes) is 3. The Kier molecular flexibility index (Phi) is 4.61. The second-order valence-electron chi connectivity index (χ2n) is 5.04. The number of nitrogens with two attached hydrogens (primary N) is 1. The van der Waals surface area contributed by atoms with Gasteiger partial charge in [-0.15, -0.1) is 0 Å². The second kappa shape index (κ2) is 6.41. The smallest absolute Gasteiger partial charge is 0.175 e. The first kappa shape index (κ1) is 13.7. The summed E-state index contributed by atoms with van der Waals surface area (Å²) in [6, 6.07) is 8.33. The van der Waals surface area contributed by atoms with E-state index in [1.807, 2.05) is 0 Å². The van der Waals surface area contributed by atoms with E-state index >= 15 is 0 Å². The Balaban J connectivity index is 2.15. The number of hydrogen-bond acceptors (Lipinski definition) is 3. The average Bonchev–Trinajstić information content (AvgIpc) is 2.77. The van der Waals surface area contributed by atoms with Crippen molar-refractivity contribution in [2.24, 2.45) is 0 Å². The van der Waals surface area contributed by atoms with Crippen molar-refractivity contribution in [2.45, 2.75) is 46.0 Å². The van der Waals surface area contributed by atoms with Crippen LogP contribution < -0.4 is 5.73 Å². The highest BCUT2D eigenvalue weighted by Crippen LogP contribution is 2.30. The van der Waals surface area contributed by atoms with Gasteiger partial charge in [0.05, 0.1) is 5.56 Å². The number of nitrogens with zero attached hydrogens (tertiary/aromatic N) is 1. The minimum absolute atomic E-state index is 0.495. The lowest BCUT2D eigenvalue weighted by molar-refractivity contribution is 0.382. The molecule has 0 atom stereocenters. The average molecular weight is 258 g/mol. The van der Waals surface area contributed by atoms with Gasteiger partial charge in [-0.3, -0.25) is 0 Å². The van der Waals surface area contributed by atoms with E-state index in [2.05, 4.69) is 43.3 Å². The molecule has 19 heavy (non-hydrogen) atoms. The fraction of sp³-hybridized carbons (Fsp3) is 0.438. The zero-order valence-electron chi connectivity index (χ0n) is 11.8. The molecule has 102 valence electrons. The quantitative estimate of drug-likeness (QED) is 0.783. The van der Waals surface area contributed by atoms with Crippen molar-refractivity contribution in [1.29, 1.82) is 0 Å². The van der Waals surface area contributed by atoms with Crippen LogP contribution in [0.1, 0.15) is 43.9 Å². The first-order valence-electron chi connectivity index (χ1n) is 7.03. The first-order chi connectivity index (χ1) is 9.22. The van der Waals surface area contributed by atoms with Gasteiger partial charge in [0.1, 0.15) is 5.76 Å². The molecule has 1 heterocycles. The molecule has 0 saturated carbocycles. The molecule has 2 rings (SSSR count). The van der Waals surface area contributed by atoms with Crippen molar-refractivity contribution < 1.29 is 4.52 Å². The Morgan fingerprint density at radius 1 is 1.11 bits per heavy atom. The van der Waals surface area contributed by atoms with E-state index in [4.69, 9.17) is 10.3 Å². The summed E-state index contributed by atoms with van der Waals surface area (Å²) in [5.74, 6) is 1.41. The Morgan fingerprint density at radius 2 is 1.84 bits per heavy atom. The van der Waals surface area contributed by atoms with Crippen LogP contribution in [0, 0.1) is 6.92 Å². The van der Waals surface area contributed by atoms with Crippen LogP contribution in [-0.2, 0) is 6.42 Å². The number of nitrogen functional groups attached to an aromatic ring is 1. The summed E-state index contributed by atoms with van der Waals surface area (Å²) in [7, 11) is 0. The van der Waals surface area contributed by atoms with Gasteiger partial charge in [0.15, 0.2) is 5.82 Å². The molecule has 3 heteroatoms. The van der Waals surface area contributed by atoms with Gasteiger partial charge in [0.25, 0.3) is 0 Å². The van der Waals surface area contributed by atoms with Crippen molar-refractivity contribution in [2.75, 3.05) is 5.73 Å². The standard InChI is InChI=1S/C16H22N2O/c1-3-4-5-6-7-14-15(16(17)18-19-14)13-10-8-12(2)9-11-13/h8-11H,3-7H2,1-2H3,(H2,17,18). The Hall–Kier alpha value is -1.77. The summed E-state index contributed by atoms with van der Waals surface area (Å²) in [6.07, 6.45) is 5.77. The van der Waals surface area contributed by atoms with Gasteiger partial charge in [-0.1, -0.05) is 61.2 Å². The molecule has 0 amide bonds. The summed E-state index contributed by atoms with van der Waals surface area (Å²) < 4.78 is 5.39. The summed E-state index contributed by atoms with van der Waals surface area (Å²) in [5, 5.41) is 3.92. The Labute approximate surface area is 114 Å². The number of hydrogen-bond donors (Lipinski definition) is 1. The molecular weight excluding hydrogens is 236 g/mol. The maximum Gasteiger partial charge on any atom is 0.175 e. The van der Waals surface area contributed by atoms with Crippen molar-refractivity contribution in [3.63, 3.8) is 0 Å². The van der Waals surface area contributed by atoms with E-state index in [0.717, 1.165) is 29.7 Å². The van der Waals surface area contributed by atoms with E-state index in [1.165, 1.54) is 24.8 Å². The second-order valence-corrected chi connectivity index (χ2v) is 5.04. The number of aromatic nitrogens is 1. The van der Waals surface area contributed by atoms with Crippen LogP contribution in [0.5, 0.6) is 0 Å². The van der Waals surface area contributed by atoms with Gasteiger partial charge in [0, 0.05) is 6.42 Å². The number of benzene rings is 1. The maximum absolute atomic E-state index is 5.94. The minimum atomic E-state index is 0.495. The highest BCUT2D eigenvalue weighted by atomic mass is 16.5. The lowest BCUT2D eigenvalue weighted by atomic mass is 10.0. The van der Waals surface area contributed by atoms with Crippen LogP contribution in [-0.4, -0.2) is 5.16 Å². The van der Waals surface area contributed by atoms with Gasteiger partial charge >= 0.3 is 0 Å². The predicted molar refractivity (Wildman–Crippen MR) is 78.9 cm³/mol. The predicted octanol–water partition coefficient (Wildman–Crippen LogP) is 4.36. The third kappa shape index (κ3) is 3.37. The largest absolute Gasteiger partial charge is 0.380 e. The Bertz CT molecular complexity index is 514. The highest BCUT2D eigenvalue weighted by molar-refractivity contribution is 5.75. The third-order valence-electron chi connectivity index (χ3n) is 3.39. The van der Waals surface area contributed by atoms with Crippen LogP contribution in [0.2, 0.25) is 0 Å². The molecule has 0 saturated heterocycles. The molecule has 0 fully saturated rings. The van der Waals surface area contributed by atoms with E-state index in [9.17, 15) is 0 Å². The van der Waals surface area contributed by atoms with E-state index in [1.54, 1.807) is 0 Å². The van der Waals surface area contributed by atoms with Crippen molar-refractivity contribution in [3.8, 4) is 11.1 Å².